The van der Waals surface area contributed by atoms with Gasteiger partial charge in [-0.1, -0.05) is 20.8 Å². The predicted octanol–water partition coefficient (Wildman–Crippen LogP) is 1.94. The molecular formula is C22H46N6. The zero-order valence-corrected chi connectivity index (χ0v) is 19.1. The maximum atomic E-state index is 4.85. The molecule has 1 atom stereocenters. The number of aliphatic imine (C=N–C) groups is 1. The Bertz CT molecular complexity index is 425. The van der Waals surface area contributed by atoms with E-state index >= 15 is 0 Å². The molecule has 0 aromatic carbocycles. The lowest BCUT2D eigenvalue weighted by Gasteiger charge is -2.35. The molecule has 0 aliphatic carbocycles. The minimum Gasteiger partial charge on any atom is -0.357 e. The van der Waals surface area contributed by atoms with E-state index in [9.17, 15) is 0 Å². The summed E-state index contributed by atoms with van der Waals surface area (Å²) in [5.41, 5.74) is 0. The van der Waals surface area contributed by atoms with Gasteiger partial charge in [-0.15, -0.1) is 0 Å². The molecule has 2 fully saturated rings. The third kappa shape index (κ3) is 9.10. The van der Waals surface area contributed by atoms with Gasteiger partial charge in [0.15, 0.2) is 5.96 Å². The van der Waals surface area contributed by atoms with Crippen molar-refractivity contribution in [3.8, 4) is 0 Å². The molecular weight excluding hydrogens is 348 g/mol. The molecule has 2 aliphatic heterocycles. The Kier molecular flexibility index (Phi) is 11.2. The molecule has 6 heteroatoms. The van der Waals surface area contributed by atoms with E-state index in [-0.39, 0.29) is 0 Å². The fourth-order valence-electron chi connectivity index (χ4n) is 4.17. The Morgan fingerprint density at radius 1 is 0.964 bits per heavy atom. The van der Waals surface area contributed by atoms with E-state index in [1.54, 1.807) is 0 Å². The number of nitrogens with zero attached hydrogens (tertiary/aromatic N) is 4. The van der Waals surface area contributed by atoms with E-state index in [2.05, 4.69) is 53.0 Å². The summed E-state index contributed by atoms with van der Waals surface area (Å²) in [5.74, 6) is 2.50. The Hall–Kier alpha value is -0.850. The third-order valence-electron chi connectivity index (χ3n) is 6.21. The van der Waals surface area contributed by atoms with Crippen LogP contribution in [0.2, 0.25) is 0 Å². The summed E-state index contributed by atoms with van der Waals surface area (Å²) in [4.78, 5) is 12.6. The molecule has 1 unspecified atom stereocenters. The molecule has 2 heterocycles. The first kappa shape index (κ1) is 23.4. The SMILES string of the molecule is CCNC(=NCC(C)CN1CCN(CC)CC1)NCCCN1CCC(C)CC1. The molecule has 28 heavy (non-hydrogen) atoms. The number of likely N-dealkylation sites (N-methyl/N-ethyl adjacent to an activating group) is 1. The lowest BCUT2D eigenvalue weighted by Crippen LogP contribution is -2.47. The fourth-order valence-corrected chi connectivity index (χ4v) is 4.17. The third-order valence-corrected chi connectivity index (χ3v) is 6.21. The van der Waals surface area contributed by atoms with Gasteiger partial charge in [-0.05, 0) is 64.2 Å². The Morgan fingerprint density at radius 2 is 1.64 bits per heavy atom. The Labute approximate surface area is 174 Å². The summed E-state index contributed by atoms with van der Waals surface area (Å²) < 4.78 is 0. The van der Waals surface area contributed by atoms with Crippen LogP contribution >= 0.6 is 0 Å². The number of nitrogens with one attached hydrogen (secondary N) is 2. The van der Waals surface area contributed by atoms with Crippen molar-refractivity contribution in [2.45, 2.75) is 47.0 Å². The molecule has 0 radical (unpaired) electrons. The highest BCUT2D eigenvalue weighted by Crippen LogP contribution is 2.15. The van der Waals surface area contributed by atoms with E-state index < -0.39 is 0 Å². The molecule has 6 nitrogen and oxygen atoms in total. The van der Waals surface area contributed by atoms with Gasteiger partial charge in [-0.3, -0.25) is 4.99 Å². The topological polar surface area (TPSA) is 46.1 Å². The van der Waals surface area contributed by atoms with E-state index in [4.69, 9.17) is 4.99 Å². The number of piperidine rings is 1. The zero-order valence-electron chi connectivity index (χ0n) is 19.1. The highest BCUT2D eigenvalue weighted by Gasteiger charge is 2.17. The smallest absolute Gasteiger partial charge is 0.191 e. The van der Waals surface area contributed by atoms with Crippen LogP contribution in [0.5, 0.6) is 0 Å². The second-order valence-electron chi connectivity index (χ2n) is 8.86. The van der Waals surface area contributed by atoms with Crippen molar-refractivity contribution in [2.24, 2.45) is 16.8 Å². The molecule has 0 aromatic rings. The number of piperazine rings is 1. The summed E-state index contributed by atoms with van der Waals surface area (Å²) in [7, 11) is 0. The van der Waals surface area contributed by atoms with Crippen molar-refractivity contribution >= 4 is 5.96 Å². The van der Waals surface area contributed by atoms with Crippen LogP contribution in [0.15, 0.2) is 4.99 Å². The molecule has 0 amide bonds. The van der Waals surface area contributed by atoms with Crippen LogP contribution in [0.1, 0.15) is 47.0 Å². The van der Waals surface area contributed by atoms with Gasteiger partial charge in [-0.25, -0.2) is 0 Å². The maximum Gasteiger partial charge on any atom is 0.191 e. The van der Waals surface area contributed by atoms with Gasteiger partial charge >= 0.3 is 0 Å². The van der Waals surface area contributed by atoms with E-state index in [0.29, 0.717) is 5.92 Å². The molecule has 0 spiro atoms. The van der Waals surface area contributed by atoms with E-state index in [0.717, 1.165) is 38.1 Å². The summed E-state index contributed by atoms with van der Waals surface area (Å²) in [5, 5.41) is 6.94. The molecule has 0 bridgehead atoms. The van der Waals surface area contributed by atoms with Gasteiger partial charge in [0.25, 0.3) is 0 Å². The Morgan fingerprint density at radius 3 is 2.29 bits per heavy atom. The van der Waals surface area contributed by atoms with Crippen LogP contribution in [-0.4, -0.2) is 99.2 Å². The van der Waals surface area contributed by atoms with Gasteiger partial charge in [-0.2, -0.15) is 0 Å². The fraction of sp³-hybridized carbons (Fsp3) is 0.955. The van der Waals surface area contributed by atoms with E-state index in [1.165, 1.54) is 71.6 Å². The minimum atomic E-state index is 0.596. The first-order valence-electron chi connectivity index (χ1n) is 11.8. The van der Waals surface area contributed by atoms with Crippen molar-refractivity contribution in [3.05, 3.63) is 0 Å². The van der Waals surface area contributed by atoms with Crippen molar-refractivity contribution in [3.63, 3.8) is 0 Å². The quantitative estimate of drug-likeness (QED) is 0.337. The maximum absolute atomic E-state index is 4.85. The van der Waals surface area contributed by atoms with Crippen LogP contribution < -0.4 is 10.6 Å². The number of rotatable bonds is 10. The molecule has 0 saturated carbocycles. The van der Waals surface area contributed by atoms with Gasteiger partial charge < -0.3 is 25.3 Å². The van der Waals surface area contributed by atoms with Crippen molar-refractivity contribution in [1.29, 1.82) is 0 Å². The summed E-state index contributed by atoms with van der Waals surface area (Å²) in [6.45, 7) is 22.9. The number of hydrogen-bond donors (Lipinski definition) is 2. The van der Waals surface area contributed by atoms with Crippen molar-refractivity contribution < 1.29 is 0 Å². The first-order valence-corrected chi connectivity index (χ1v) is 11.8. The molecule has 164 valence electrons. The normalized spacial score (nSPS) is 22.4. The average molecular weight is 395 g/mol. The molecule has 2 saturated heterocycles. The standard InChI is InChI=1S/C22H46N6/c1-5-23-22(24-10-7-11-27-12-8-20(3)9-13-27)25-18-21(4)19-28-16-14-26(6-2)15-17-28/h20-21H,5-19H2,1-4H3,(H2,23,24,25). The van der Waals surface area contributed by atoms with Crippen LogP contribution in [0.3, 0.4) is 0 Å². The lowest BCUT2D eigenvalue weighted by atomic mass is 9.99. The van der Waals surface area contributed by atoms with Crippen molar-refractivity contribution in [1.82, 2.24) is 25.3 Å². The van der Waals surface area contributed by atoms with Gasteiger partial charge in [0.05, 0.1) is 0 Å². The van der Waals surface area contributed by atoms with Crippen molar-refractivity contribution in [2.75, 3.05) is 78.5 Å². The van der Waals surface area contributed by atoms with Gasteiger partial charge in [0.2, 0.25) is 0 Å². The molecule has 2 rings (SSSR count). The van der Waals surface area contributed by atoms with Crippen LogP contribution in [0.25, 0.3) is 0 Å². The zero-order chi connectivity index (χ0) is 20.2. The number of guanidine groups is 1. The van der Waals surface area contributed by atoms with Gasteiger partial charge in [0.1, 0.15) is 0 Å². The summed E-state index contributed by atoms with van der Waals surface area (Å²) in [6, 6.07) is 0. The minimum absolute atomic E-state index is 0.596. The first-order chi connectivity index (χ1) is 13.6. The highest BCUT2D eigenvalue weighted by molar-refractivity contribution is 5.79. The summed E-state index contributed by atoms with van der Waals surface area (Å²) >= 11 is 0. The predicted molar refractivity (Wildman–Crippen MR) is 121 cm³/mol. The summed E-state index contributed by atoms with van der Waals surface area (Å²) in [6.07, 6.45) is 3.92. The van der Waals surface area contributed by atoms with Crippen LogP contribution in [0, 0.1) is 11.8 Å². The second kappa shape index (κ2) is 13.4. The Balaban J connectivity index is 1.62. The van der Waals surface area contributed by atoms with Gasteiger partial charge in [0, 0.05) is 52.4 Å². The molecule has 2 aliphatic rings. The van der Waals surface area contributed by atoms with Crippen LogP contribution in [0.4, 0.5) is 0 Å². The number of likely N-dealkylation sites (tertiary alicyclic amines) is 1. The van der Waals surface area contributed by atoms with E-state index in [1.807, 2.05) is 0 Å². The lowest BCUT2D eigenvalue weighted by molar-refractivity contribution is 0.125. The highest BCUT2D eigenvalue weighted by atomic mass is 15.3. The monoisotopic (exact) mass is 394 g/mol. The molecule has 0 aromatic heterocycles. The van der Waals surface area contributed by atoms with Crippen LogP contribution in [-0.2, 0) is 0 Å². The second-order valence-corrected chi connectivity index (χ2v) is 8.86. The largest absolute Gasteiger partial charge is 0.357 e. The number of hydrogen-bond acceptors (Lipinski definition) is 4. The molecule has 2 N–H and O–H groups in total. The average Bonchev–Trinajstić information content (AvgIpc) is 2.71.